The molecule has 0 radical (unpaired) electrons. The zero-order valence-corrected chi connectivity index (χ0v) is 9.55. The Morgan fingerprint density at radius 1 is 1.36 bits per heavy atom. The molecule has 0 spiro atoms. The van der Waals surface area contributed by atoms with Crippen LogP contribution in [0.1, 0.15) is 40.0 Å². The van der Waals surface area contributed by atoms with Crippen LogP contribution in [0.3, 0.4) is 0 Å². The zero-order valence-electron chi connectivity index (χ0n) is 9.55. The van der Waals surface area contributed by atoms with Gasteiger partial charge in [-0.25, -0.2) is 0 Å². The lowest BCUT2D eigenvalue weighted by atomic mass is 9.70. The SMILES string of the molecule is CC1(C)[C@@H]2CC[C@]1(C)[C@@H](OCCO)C2. The summed E-state index contributed by atoms with van der Waals surface area (Å²) in [7, 11) is 0. The molecule has 2 nitrogen and oxygen atoms in total. The summed E-state index contributed by atoms with van der Waals surface area (Å²) in [6.07, 6.45) is 4.23. The molecule has 0 aromatic rings. The number of fused-ring (bicyclic) bond motifs is 2. The summed E-state index contributed by atoms with van der Waals surface area (Å²) in [5.74, 6) is 0.830. The molecule has 0 heterocycles. The van der Waals surface area contributed by atoms with E-state index in [0.29, 0.717) is 23.5 Å². The van der Waals surface area contributed by atoms with Gasteiger partial charge in [0, 0.05) is 0 Å². The van der Waals surface area contributed by atoms with Crippen molar-refractivity contribution in [3.8, 4) is 0 Å². The van der Waals surface area contributed by atoms with Crippen LogP contribution in [0, 0.1) is 16.7 Å². The maximum Gasteiger partial charge on any atom is 0.0701 e. The van der Waals surface area contributed by atoms with Gasteiger partial charge in [0.25, 0.3) is 0 Å². The van der Waals surface area contributed by atoms with E-state index < -0.39 is 0 Å². The van der Waals surface area contributed by atoms with Crippen molar-refractivity contribution in [3.05, 3.63) is 0 Å². The third-order valence-corrected chi connectivity index (χ3v) is 5.12. The fourth-order valence-corrected chi connectivity index (χ4v) is 3.58. The van der Waals surface area contributed by atoms with Gasteiger partial charge in [0.05, 0.1) is 19.3 Å². The summed E-state index contributed by atoms with van der Waals surface area (Å²) in [6, 6.07) is 0. The molecule has 0 amide bonds. The van der Waals surface area contributed by atoms with Gasteiger partial charge in [-0.05, 0) is 36.0 Å². The minimum atomic E-state index is 0.150. The Morgan fingerprint density at radius 3 is 2.50 bits per heavy atom. The van der Waals surface area contributed by atoms with Crippen LogP contribution in [0.4, 0.5) is 0 Å². The molecule has 2 bridgehead atoms. The van der Waals surface area contributed by atoms with E-state index in [4.69, 9.17) is 9.84 Å². The molecule has 0 unspecified atom stereocenters. The van der Waals surface area contributed by atoms with Gasteiger partial charge in [-0.1, -0.05) is 20.8 Å². The molecule has 0 aromatic carbocycles. The molecule has 1 N–H and O–H groups in total. The summed E-state index contributed by atoms with van der Waals surface area (Å²) in [6.45, 7) is 7.78. The average molecular weight is 198 g/mol. The van der Waals surface area contributed by atoms with Crippen LogP contribution in [0.15, 0.2) is 0 Å². The molecule has 0 saturated heterocycles. The van der Waals surface area contributed by atoms with E-state index in [9.17, 15) is 0 Å². The second-order valence-corrected chi connectivity index (χ2v) is 5.69. The van der Waals surface area contributed by atoms with E-state index in [-0.39, 0.29) is 6.61 Å². The first kappa shape index (κ1) is 10.4. The number of rotatable bonds is 3. The molecule has 0 aromatic heterocycles. The maximum absolute atomic E-state index is 8.79. The lowest BCUT2D eigenvalue weighted by Gasteiger charge is -2.38. The minimum absolute atomic E-state index is 0.150. The van der Waals surface area contributed by atoms with Gasteiger partial charge in [0.15, 0.2) is 0 Å². The zero-order chi connectivity index (χ0) is 10.4. The molecule has 2 fully saturated rings. The lowest BCUT2D eigenvalue weighted by Crippen LogP contribution is -2.37. The molecule has 2 aliphatic rings. The predicted octanol–water partition coefficient (Wildman–Crippen LogP) is 2.21. The monoisotopic (exact) mass is 198 g/mol. The van der Waals surface area contributed by atoms with Crippen molar-refractivity contribution in [2.75, 3.05) is 13.2 Å². The second kappa shape index (κ2) is 3.21. The van der Waals surface area contributed by atoms with E-state index in [0.717, 1.165) is 5.92 Å². The Bertz CT molecular complexity index is 224. The van der Waals surface area contributed by atoms with Gasteiger partial charge in [0.1, 0.15) is 0 Å². The number of ether oxygens (including phenoxy) is 1. The largest absolute Gasteiger partial charge is 0.394 e. The molecule has 2 heteroatoms. The first-order valence-electron chi connectivity index (χ1n) is 5.75. The van der Waals surface area contributed by atoms with Crippen LogP contribution in [-0.4, -0.2) is 24.4 Å². The van der Waals surface area contributed by atoms with Gasteiger partial charge in [0.2, 0.25) is 0 Å². The van der Waals surface area contributed by atoms with E-state index in [1.54, 1.807) is 0 Å². The molecule has 14 heavy (non-hydrogen) atoms. The Balaban J connectivity index is 2.11. The quantitative estimate of drug-likeness (QED) is 0.753. The highest BCUT2D eigenvalue weighted by Gasteiger charge is 2.61. The molecule has 3 atom stereocenters. The number of aliphatic hydroxyl groups is 1. The van der Waals surface area contributed by atoms with Crippen molar-refractivity contribution in [1.29, 1.82) is 0 Å². The van der Waals surface area contributed by atoms with Crippen molar-refractivity contribution in [1.82, 2.24) is 0 Å². The van der Waals surface area contributed by atoms with Gasteiger partial charge < -0.3 is 9.84 Å². The Labute approximate surface area is 86.6 Å². The summed E-state index contributed by atoms with van der Waals surface area (Å²) in [4.78, 5) is 0. The molecule has 82 valence electrons. The molecule has 2 saturated carbocycles. The topological polar surface area (TPSA) is 29.5 Å². The van der Waals surface area contributed by atoms with Crippen LogP contribution in [0.5, 0.6) is 0 Å². The van der Waals surface area contributed by atoms with E-state index in [1.165, 1.54) is 19.3 Å². The summed E-state index contributed by atoms with van der Waals surface area (Å²) in [5.41, 5.74) is 0.764. The maximum atomic E-state index is 8.79. The third kappa shape index (κ3) is 1.17. The fourth-order valence-electron chi connectivity index (χ4n) is 3.58. The normalized spacial score (nSPS) is 44.6. The standard InChI is InChI=1S/C12H22O2/c1-11(2)9-4-5-12(11,3)10(8-9)14-7-6-13/h9-10,13H,4-8H2,1-3H3/t9-,10+,12-/m1/s1. The average Bonchev–Trinajstić information content (AvgIpc) is 2.46. The first-order chi connectivity index (χ1) is 6.52. The highest BCUT2D eigenvalue weighted by molar-refractivity contribution is 5.11. The molecular formula is C12H22O2. The summed E-state index contributed by atoms with van der Waals surface area (Å²) < 4.78 is 5.77. The molecule has 2 rings (SSSR count). The van der Waals surface area contributed by atoms with Crippen molar-refractivity contribution in [3.63, 3.8) is 0 Å². The van der Waals surface area contributed by atoms with Gasteiger partial charge >= 0.3 is 0 Å². The Morgan fingerprint density at radius 2 is 2.07 bits per heavy atom. The molecule has 2 aliphatic carbocycles. The van der Waals surface area contributed by atoms with Crippen LogP contribution in [0.25, 0.3) is 0 Å². The van der Waals surface area contributed by atoms with E-state index in [1.807, 2.05) is 0 Å². The summed E-state index contributed by atoms with van der Waals surface area (Å²) >= 11 is 0. The Hall–Kier alpha value is -0.0800. The van der Waals surface area contributed by atoms with Crippen molar-refractivity contribution in [2.45, 2.75) is 46.1 Å². The van der Waals surface area contributed by atoms with Crippen molar-refractivity contribution < 1.29 is 9.84 Å². The van der Waals surface area contributed by atoms with Crippen molar-refractivity contribution >= 4 is 0 Å². The summed E-state index contributed by atoms with van der Waals surface area (Å²) in [5, 5.41) is 8.79. The van der Waals surface area contributed by atoms with Crippen molar-refractivity contribution in [2.24, 2.45) is 16.7 Å². The van der Waals surface area contributed by atoms with Crippen LogP contribution >= 0.6 is 0 Å². The first-order valence-corrected chi connectivity index (χ1v) is 5.75. The predicted molar refractivity (Wildman–Crippen MR) is 56.1 cm³/mol. The molecular weight excluding hydrogens is 176 g/mol. The Kier molecular flexibility index (Phi) is 2.39. The second-order valence-electron chi connectivity index (χ2n) is 5.69. The number of aliphatic hydroxyl groups excluding tert-OH is 1. The highest BCUT2D eigenvalue weighted by Crippen LogP contribution is 2.66. The smallest absolute Gasteiger partial charge is 0.0701 e. The van der Waals surface area contributed by atoms with Gasteiger partial charge in [-0.2, -0.15) is 0 Å². The van der Waals surface area contributed by atoms with Crippen LogP contribution in [0.2, 0.25) is 0 Å². The van der Waals surface area contributed by atoms with E-state index >= 15 is 0 Å². The van der Waals surface area contributed by atoms with Crippen LogP contribution < -0.4 is 0 Å². The highest BCUT2D eigenvalue weighted by atomic mass is 16.5. The number of hydrogen-bond acceptors (Lipinski definition) is 2. The number of hydrogen-bond donors (Lipinski definition) is 1. The third-order valence-electron chi connectivity index (χ3n) is 5.12. The van der Waals surface area contributed by atoms with E-state index in [2.05, 4.69) is 20.8 Å². The molecule has 0 aliphatic heterocycles. The van der Waals surface area contributed by atoms with Crippen LogP contribution in [-0.2, 0) is 4.74 Å². The fraction of sp³-hybridized carbons (Fsp3) is 1.00. The van der Waals surface area contributed by atoms with Gasteiger partial charge in [-0.3, -0.25) is 0 Å². The van der Waals surface area contributed by atoms with Gasteiger partial charge in [-0.15, -0.1) is 0 Å². The minimum Gasteiger partial charge on any atom is -0.394 e. The lowest BCUT2D eigenvalue weighted by molar-refractivity contribution is -0.0562.